The highest BCUT2D eigenvalue weighted by atomic mass is 16.5. The minimum atomic E-state index is 0.248. The summed E-state index contributed by atoms with van der Waals surface area (Å²) in [5.41, 5.74) is 5.31. The molecule has 1 N–H and O–H groups in total. The van der Waals surface area contributed by atoms with E-state index in [1.807, 2.05) is 17.8 Å². The Labute approximate surface area is 167 Å². The van der Waals surface area contributed by atoms with E-state index in [2.05, 4.69) is 45.1 Å². The van der Waals surface area contributed by atoms with Gasteiger partial charge in [-0.25, -0.2) is 14.6 Å². The van der Waals surface area contributed by atoms with Crippen LogP contribution in [0.4, 0.5) is 5.69 Å². The van der Waals surface area contributed by atoms with Crippen LogP contribution in [0.2, 0.25) is 0 Å². The van der Waals surface area contributed by atoms with E-state index >= 15 is 0 Å². The van der Waals surface area contributed by atoms with E-state index in [0.29, 0.717) is 19.0 Å². The average Bonchev–Trinajstić information content (AvgIpc) is 3.47. The average molecular weight is 393 g/mol. The first-order chi connectivity index (χ1) is 14.2. The molecule has 1 aliphatic rings. The van der Waals surface area contributed by atoms with Gasteiger partial charge in [0, 0.05) is 32.4 Å². The number of rotatable bonds is 4. The predicted octanol–water partition coefficient (Wildman–Crippen LogP) is 1.86. The van der Waals surface area contributed by atoms with Gasteiger partial charge in [-0.3, -0.25) is 9.78 Å². The van der Waals surface area contributed by atoms with Crippen molar-refractivity contribution in [1.29, 1.82) is 0 Å². The van der Waals surface area contributed by atoms with E-state index in [1.165, 1.54) is 0 Å². The second kappa shape index (κ2) is 6.96. The Hall–Kier alpha value is -3.27. The van der Waals surface area contributed by atoms with Crippen molar-refractivity contribution in [3.05, 3.63) is 24.7 Å². The quantitative estimate of drug-likeness (QED) is 0.564. The largest absolute Gasteiger partial charge is 0.377 e. The third-order valence-electron chi connectivity index (χ3n) is 5.35. The smallest absolute Gasteiger partial charge is 0.176 e. The van der Waals surface area contributed by atoms with Crippen LogP contribution < -0.4 is 4.90 Å². The Bertz CT molecular complexity index is 1140. The van der Waals surface area contributed by atoms with Gasteiger partial charge in [0.1, 0.15) is 28.7 Å². The number of hydrogen-bond donors (Lipinski definition) is 1. The van der Waals surface area contributed by atoms with Crippen LogP contribution in [-0.4, -0.2) is 65.5 Å². The molecule has 4 aromatic rings. The van der Waals surface area contributed by atoms with Gasteiger partial charge < -0.3 is 9.64 Å². The number of fused-ring (bicyclic) bond motifs is 1. The van der Waals surface area contributed by atoms with Gasteiger partial charge >= 0.3 is 0 Å². The summed E-state index contributed by atoms with van der Waals surface area (Å²) < 4.78 is 9.42. The van der Waals surface area contributed by atoms with Crippen LogP contribution in [0.1, 0.15) is 13.8 Å². The van der Waals surface area contributed by atoms with Crippen LogP contribution >= 0.6 is 0 Å². The molecule has 4 aromatic heterocycles. The summed E-state index contributed by atoms with van der Waals surface area (Å²) in [5, 5.41) is 16.2. The predicted molar refractivity (Wildman–Crippen MR) is 108 cm³/mol. The monoisotopic (exact) mass is 393 g/mol. The lowest BCUT2D eigenvalue weighted by Crippen LogP contribution is -2.44. The van der Waals surface area contributed by atoms with Crippen molar-refractivity contribution < 1.29 is 4.74 Å². The van der Waals surface area contributed by atoms with Crippen LogP contribution in [0.3, 0.4) is 0 Å². The van der Waals surface area contributed by atoms with Crippen LogP contribution in [-0.2, 0) is 18.3 Å². The molecule has 10 nitrogen and oxygen atoms in total. The molecular formula is C19H23N9O. The zero-order valence-electron chi connectivity index (χ0n) is 16.7. The third kappa shape index (κ3) is 2.87. The maximum atomic E-state index is 5.67. The Kier molecular flexibility index (Phi) is 4.27. The van der Waals surface area contributed by atoms with Crippen molar-refractivity contribution >= 4 is 16.7 Å². The first-order valence-corrected chi connectivity index (χ1v) is 9.77. The molecule has 0 bridgehead atoms. The molecule has 5 heterocycles. The van der Waals surface area contributed by atoms with Crippen molar-refractivity contribution in [2.75, 3.05) is 24.7 Å². The number of ether oxygens (including phenoxy) is 1. The zero-order chi connectivity index (χ0) is 20.0. The van der Waals surface area contributed by atoms with Crippen LogP contribution in [0.15, 0.2) is 24.7 Å². The second-order valence-electron chi connectivity index (χ2n) is 7.18. The lowest BCUT2D eigenvalue weighted by molar-refractivity contribution is 0.0990. The van der Waals surface area contributed by atoms with E-state index in [4.69, 9.17) is 14.8 Å². The van der Waals surface area contributed by atoms with Crippen LogP contribution in [0.25, 0.3) is 33.9 Å². The van der Waals surface area contributed by atoms with Gasteiger partial charge in [-0.1, -0.05) is 0 Å². The van der Waals surface area contributed by atoms with Crippen molar-refractivity contribution in [3.63, 3.8) is 0 Å². The van der Waals surface area contributed by atoms with E-state index in [9.17, 15) is 0 Å². The van der Waals surface area contributed by atoms with Gasteiger partial charge in [0.05, 0.1) is 24.6 Å². The summed E-state index contributed by atoms with van der Waals surface area (Å²) in [4.78, 5) is 11.8. The molecule has 1 atom stereocenters. The van der Waals surface area contributed by atoms with Crippen molar-refractivity contribution in [3.8, 4) is 22.9 Å². The van der Waals surface area contributed by atoms with Gasteiger partial charge in [0.15, 0.2) is 5.82 Å². The molecule has 5 rings (SSSR count). The summed E-state index contributed by atoms with van der Waals surface area (Å²) in [6.45, 7) is 7.20. The number of morpholine rings is 1. The molecule has 0 amide bonds. The molecule has 1 saturated heterocycles. The number of aromatic nitrogens is 8. The molecule has 150 valence electrons. The number of anilines is 1. The number of aromatic amines is 1. The normalized spacial score (nSPS) is 17.3. The maximum Gasteiger partial charge on any atom is 0.176 e. The van der Waals surface area contributed by atoms with Gasteiger partial charge in [0.2, 0.25) is 0 Å². The minimum absolute atomic E-state index is 0.248. The first-order valence-electron chi connectivity index (χ1n) is 9.77. The fourth-order valence-corrected chi connectivity index (χ4v) is 3.91. The van der Waals surface area contributed by atoms with Crippen molar-refractivity contribution in [1.82, 2.24) is 39.7 Å². The topological polar surface area (TPSA) is 103 Å². The summed E-state index contributed by atoms with van der Waals surface area (Å²) in [6.07, 6.45) is 3.27. The Morgan fingerprint density at radius 3 is 2.93 bits per heavy atom. The Morgan fingerprint density at radius 1 is 1.34 bits per heavy atom. The maximum absolute atomic E-state index is 5.67. The standard InChI is InChI=1S/C19H23N9O/c1-4-28-18-15(27-7-8-29-10-12(27)2)9-14(19-20-11-22-26(19)3)23-17(18)16(25-28)13-5-6-21-24-13/h5-6,9,11-12H,4,7-8,10H2,1-3H3,(H,21,24). The SMILES string of the molecule is CCn1nc(-c2ccn[nH]2)c2nc(-c3ncnn3C)cc(N3CCOCC3C)c21. The molecule has 0 aliphatic carbocycles. The summed E-state index contributed by atoms with van der Waals surface area (Å²) in [5.74, 6) is 0.717. The lowest BCUT2D eigenvalue weighted by Gasteiger charge is -2.35. The highest BCUT2D eigenvalue weighted by molar-refractivity contribution is 5.98. The fourth-order valence-electron chi connectivity index (χ4n) is 3.91. The van der Waals surface area contributed by atoms with E-state index in [1.54, 1.807) is 17.2 Å². The third-order valence-corrected chi connectivity index (χ3v) is 5.35. The van der Waals surface area contributed by atoms with E-state index in [-0.39, 0.29) is 6.04 Å². The number of pyridine rings is 1. The second-order valence-corrected chi connectivity index (χ2v) is 7.18. The Morgan fingerprint density at radius 2 is 2.24 bits per heavy atom. The van der Waals surface area contributed by atoms with Crippen molar-refractivity contribution in [2.24, 2.45) is 7.05 Å². The Balaban J connectivity index is 1.82. The molecule has 0 spiro atoms. The molecule has 0 aromatic carbocycles. The number of aryl methyl sites for hydroxylation is 2. The van der Waals surface area contributed by atoms with Crippen LogP contribution in [0, 0.1) is 0 Å². The summed E-state index contributed by atoms with van der Waals surface area (Å²) >= 11 is 0. The van der Waals surface area contributed by atoms with Gasteiger partial charge in [-0.15, -0.1) is 0 Å². The summed E-state index contributed by atoms with van der Waals surface area (Å²) in [7, 11) is 1.87. The molecule has 0 radical (unpaired) electrons. The molecular weight excluding hydrogens is 370 g/mol. The van der Waals surface area contributed by atoms with E-state index < -0.39 is 0 Å². The zero-order valence-corrected chi connectivity index (χ0v) is 16.7. The highest BCUT2D eigenvalue weighted by Crippen LogP contribution is 2.36. The fraction of sp³-hybridized carbons (Fsp3) is 0.421. The minimum Gasteiger partial charge on any atom is -0.377 e. The molecule has 10 heteroatoms. The van der Waals surface area contributed by atoms with Gasteiger partial charge in [-0.2, -0.15) is 15.3 Å². The molecule has 0 saturated carbocycles. The van der Waals surface area contributed by atoms with Gasteiger partial charge in [-0.05, 0) is 26.0 Å². The number of H-pyrrole nitrogens is 1. The number of hydrogen-bond acceptors (Lipinski definition) is 7. The number of nitrogens with zero attached hydrogens (tertiary/aromatic N) is 8. The molecule has 1 unspecified atom stereocenters. The molecule has 1 fully saturated rings. The molecule has 1 aliphatic heterocycles. The van der Waals surface area contributed by atoms with Gasteiger partial charge in [0.25, 0.3) is 0 Å². The van der Waals surface area contributed by atoms with E-state index in [0.717, 1.165) is 46.9 Å². The van der Waals surface area contributed by atoms with Crippen molar-refractivity contribution in [2.45, 2.75) is 26.4 Å². The first kappa shape index (κ1) is 17.8. The number of nitrogens with one attached hydrogen (secondary N) is 1. The van der Waals surface area contributed by atoms with Crippen LogP contribution in [0.5, 0.6) is 0 Å². The summed E-state index contributed by atoms with van der Waals surface area (Å²) in [6, 6.07) is 4.26. The highest BCUT2D eigenvalue weighted by Gasteiger charge is 2.27. The molecule has 29 heavy (non-hydrogen) atoms. The lowest BCUT2D eigenvalue weighted by atomic mass is 10.1.